The SMILES string of the molecule is CCOc1ccccc1[C@@H]1C(C(=O)O[C@H](C)CC)=C(C)NC2=C1C(=O)[C@H](C(=O)OC)[C@H](C)C2. The number of dihydropyridines is 1. The average Bonchev–Trinajstić information content (AvgIpc) is 2.78. The van der Waals surface area contributed by atoms with Gasteiger partial charge in [0.05, 0.1) is 31.3 Å². The van der Waals surface area contributed by atoms with Gasteiger partial charge in [-0.15, -0.1) is 0 Å². The Balaban J connectivity index is 2.21. The number of esters is 2. The summed E-state index contributed by atoms with van der Waals surface area (Å²) in [7, 11) is 1.28. The Labute approximate surface area is 195 Å². The first-order valence-corrected chi connectivity index (χ1v) is 11.5. The summed E-state index contributed by atoms with van der Waals surface area (Å²) >= 11 is 0. The van der Waals surface area contributed by atoms with Crippen molar-refractivity contribution in [3.8, 4) is 5.75 Å². The second-order valence-electron chi connectivity index (χ2n) is 8.63. The largest absolute Gasteiger partial charge is 0.494 e. The molecule has 0 radical (unpaired) electrons. The number of benzene rings is 1. The summed E-state index contributed by atoms with van der Waals surface area (Å²) in [6.07, 6.45) is 0.875. The number of nitrogens with one attached hydrogen (secondary N) is 1. The molecule has 0 saturated carbocycles. The van der Waals surface area contributed by atoms with Crippen LogP contribution in [-0.4, -0.2) is 37.5 Å². The number of rotatable bonds is 7. The number of methoxy groups -OCH3 is 1. The Kier molecular flexibility index (Phi) is 7.61. The van der Waals surface area contributed by atoms with E-state index in [9.17, 15) is 14.4 Å². The molecule has 0 fully saturated rings. The fourth-order valence-electron chi connectivity index (χ4n) is 4.60. The Morgan fingerprint density at radius 1 is 1.21 bits per heavy atom. The van der Waals surface area contributed by atoms with Crippen molar-refractivity contribution in [1.82, 2.24) is 5.32 Å². The van der Waals surface area contributed by atoms with Crippen molar-refractivity contribution in [3.63, 3.8) is 0 Å². The van der Waals surface area contributed by atoms with Crippen LogP contribution in [0.4, 0.5) is 0 Å². The highest BCUT2D eigenvalue weighted by Gasteiger charge is 2.47. The molecule has 1 heterocycles. The maximum atomic E-state index is 13.8. The van der Waals surface area contributed by atoms with Crippen LogP contribution in [0.25, 0.3) is 0 Å². The lowest BCUT2D eigenvalue weighted by Crippen LogP contribution is -2.43. The Hall–Kier alpha value is -3.09. The highest BCUT2D eigenvalue weighted by atomic mass is 16.5. The van der Waals surface area contributed by atoms with Crippen LogP contribution in [0.2, 0.25) is 0 Å². The van der Waals surface area contributed by atoms with Gasteiger partial charge < -0.3 is 19.5 Å². The van der Waals surface area contributed by atoms with E-state index in [0.29, 0.717) is 47.6 Å². The summed E-state index contributed by atoms with van der Waals surface area (Å²) < 4.78 is 16.5. The first-order chi connectivity index (χ1) is 15.7. The van der Waals surface area contributed by atoms with Gasteiger partial charge in [-0.3, -0.25) is 9.59 Å². The Morgan fingerprint density at radius 2 is 1.91 bits per heavy atom. The van der Waals surface area contributed by atoms with E-state index in [-0.39, 0.29) is 17.8 Å². The first kappa shape index (κ1) is 24.6. The molecule has 33 heavy (non-hydrogen) atoms. The van der Waals surface area contributed by atoms with E-state index in [1.165, 1.54) is 7.11 Å². The molecule has 0 unspecified atom stereocenters. The fourth-order valence-corrected chi connectivity index (χ4v) is 4.60. The van der Waals surface area contributed by atoms with Gasteiger partial charge in [-0.05, 0) is 45.6 Å². The second kappa shape index (κ2) is 10.2. The topological polar surface area (TPSA) is 90.9 Å². The summed E-state index contributed by atoms with van der Waals surface area (Å²) in [6, 6.07) is 7.37. The average molecular weight is 456 g/mol. The van der Waals surface area contributed by atoms with Crippen molar-refractivity contribution >= 4 is 17.7 Å². The van der Waals surface area contributed by atoms with Crippen molar-refractivity contribution in [2.45, 2.75) is 59.5 Å². The molecule has 0 saturated heterocycles. The number of para-hydroxylation sites is 1. The Bertz CT molecular complexity index is 1010. The number of ketones is 1. The molecule has 1 aliphatic carbocycles. The predicted octanol–water partition coefficient (Wildman–Crippen LogP) is 4.04. The van der Waals surface area contributed by atoms with Crippen LogP contribution in [-0.2, 0) is 23.9 Å². The first-order valence-electron chi connectivity index (χ1n) is 11.5. The molecule has 7 nitrogen and oxygen atoms in total. The number of carbonyl (C=O) groups is 3. The molecule has 0 aromatic heterocycles. The number of hydrogen-bond donors (Lipinski definition) is 1. The standard InChI is InChI=1S/C26H33NO6/c1-7-15(4)33-26(30)21-16(5)27-18-13-14(3)20(25(29)31-6)24(28)23(18)22(21)17-11-9-10-12-19(17)32-8-2/h9-12,14-15,20,22,27H,7-8,13H2,1-6H3/t14-,15-,20-,22-/m1/s1. The molecule has 1 aromatic carbocycles. The quantitative estimate of drug-likeness (QED) is 0.490. The zero-order valence-corrected chi connectivity index (χ0v) is 20.2. The smallest absolute Gasteiger partial charge is 0.337 e. The third-order valence-electron chi connectivity index (χ3n) is 6.38. The van der Waals surface area contributed by atoms with Gasteiger partial charge in [0.1, 0.15) is 11.7 Å². The van der Waals surface area contributed by atoms with Crippen LogP contribution in [0.3, 0.4) is 0 Å². The molecule has 3 rings (SSSR count). The van der Waals surface area contributed by atoms with Gasteiger partial charge in [-0.1, -0.05) is 32.0 Å². The maximum Gasteiger partial charge on any atom is 0.337 e. The van der Waals surface area contributed by atoms with Gasteiger partial charge in [0.15, 0.2) is 5.78 Å². The number of carbonyl (C=O) groups excluding carboxylic acids is 3. The molecular weight excluding hydrogens is 422 g/mol. The van der Waals surface area contributed by atoms with Crippen LogP contribution >= 0.6 is 0 Å². The zero-order chi connectivity index (χ0) is 24.3. The van der Waals surface area contributed by atoms with Crippen molar-refractivity contribution in [1.29, 1.82) is 0 Å². The molecular formula is C26H33NO6. The molecule has 1 N–H and O–H groups in total. The maximum absolute atomic E-state index is 13.8. The zero-order valence-electron chi connectivity index (χ0n) is 20.2. The van der Waals surface area contributed by atoms with Gasteiger partial charge in [-0.2, -0.15) is 0 Å². The summed E-state index contributed by atoms with van der Waals surface area (Å²) in [5, 5.41) is 3.27. The van der Waals surface area contributed by atoms with E-state index in [4.69, 9.17) is 14.2 Å². The number of hydrogen-bond acceptors (Lipinski definition) is 7. The van der Waals surface area contributed by atoms with Crippen LogP contribution in [0, 0.1) is 11.8 Å². The molecule has 7 heteroatoms. The molecule has 0 amide bonds. The van der Waals surface area contributed by atoms with E-state index in [1.807, 2.05) is 58.9 Å². The molecule has 0 bridgehead atoms. The third kappa shape index (κ3) is 4.68. The molecule has 1 aromatic rings. The van der Waals surface area contributed by atoms with Gasteiger partial charge in [0.25, 0.3) is 0 Å². The van der Waals surface area contributed by atoms with Gasteiger partial charge in [-0.25, -0.2) is 4.79 Å². The number of Topliss-reactive ketones (excluding diaryl/α,β-unsaturated/α-hetero) is 1. The van der Waals surface area contributed by atoms with Crippen LogP contribution < -0.4 is 10.1 Å². The Morgan fingerprint density at radius 3 is 2.55 bits per heavy atom. The van der Waals surface area contributed by atoms with Crippen molar-refractivity contribution in [3.05, 3.63) is 52.4 Å². The van der Waals surface area contributed by atoms with E-state index in [0.717, 1.165) is 5.70 Å². The highest BCUT2D eigenvalue weighted by Crippen LogP contribution is 2.47. The fraction of sp³-hybridized carbons (Fsp3) is 0.500. The van der Waals surface area contributed by atoms with E-state index >= 15 is 0 Å². The minimum absolute atomic E-state index is 0.236. The van der Waals surface area contributed by atoms with Crippen LogP contribution in [0.15, 0.2) is 46.8 Å². The van der Waals surface area contributed by atoms with E-state index in [1.54, 1.807) is 0 Å². The van der Waals surface area contributed by atoms with Crippen LogP contribution in [0.5, 0.6) is 5.75 Å². The third-order valence-corrected chi connectivity index (χ3v) is 6.38. The molecule has 178 valence electrons. The molecule has 1 aliphatic heterocycles. The second-order valence-corrected chi connectivity index (χ2v) is 8.63. The summed E-state index contributed by atoms with van der Waals surface area (Å²) in [6.45, 7) is 9.75. The van der Waals surface area contributed by atoms with Gasteiger partial charge in [0.2, 0.25) is 0 Å². The lowest BCUT2D eigenvalue weighted by atomic mass is 9.69. The molecule has 4 atom stereocenters. The van der Waals surface area contributed by atoms with Crippen molar-refractivity contribution in [2.24, 2.45) is 11.8 Å². The highest BCUT2D eigenvalue weighted by molar-refractivity contribution is 6.12. The monoisotopic (exact) mass is 455 g/mol. The number of allylic oxidation sites excluding steroid dienone is 3. The lowest BCUT2D eigenvalue weighted by Gasteiger charge is -2.38. The molecule has 2 aliphatic rings. The predicted molar refractivity (Wildman–Crippen MR) is 123 cm³/mol. The van der Waals surface area contributed by atoms with Crippen LogP contribution in [0.1, 0.15) is 58.9 Å². The molecule has 0 spiro atoms. The van der Waals surface area contributed by atoms with Crippen molar-refractivity contribution < 1.29 is 28.6 Å². The minimum atomic E-state index is -0.928. The minimum Gasteiger partial charge on any atom is -0.494 e. The van der Waals surface area contributed by atoms with E-state index < -0.39 is 23.8 Å². The normalized spacial score (nSPS) is 23.5. The summed E-state index contributed by atoms with van der Waals surface area (Å²) in [5.41, 5.74) is 2.80. The van der Waals surface area contributed by atoms with Gasteiger partial charge >= 0.3 is 11.9 Å². The van der Waals surface area contributed by atoms with Crippen molar-refractivity contribution in [2.75, 3.05) is 13.7 Å². The van der Waals surface area contributed by atoms with Gasteiger partial charge in [0, 0.05) is 22.5 Å². The van der Waals surface area contributed by atoms with E-state index in [2.05, 4.69) is 5.32 Å². The summed E-state index contributed by atoms with van der Waals surface area (Å²) in [4.78, 5) is 39.6. The number of ether oxygens (including phenoxy) is 3. The lowest BCUT2D eigenvalue weighted by molar-refractivity contribution is -0.151. The summed E-state index contributed by atoms with van der Waals surface area (Å²) in [5.74, 6) is -2.68.